The standard InChI is InChI=1S/C16H13N3O3S2/c1-2-23-13-6-4-3-5-11(13)15(20)18-16-17-12-9-10(19(21)22)7-8-14(12)24-16/h3-9H,2H2,1H3,(H,17,18,20). The number of nitro groups is 1. The van der Waals surface area contributed by atoms with E-state index in [0.29, 0.717) is 16.2 Å². The maximum atomic E-state index is 12.5. The number of aromatic nitrogens is 1. The Morgan fingerprint density at radius 1 is 1.33 bits per heavy atom. The normalized spacial score (nSPS) is 10.7. The van der Waals surface area contributed by atoms with Gasteiger partial charge in [0.25, 0.3) is 11.6 Å². The second kappa shape index (κ2) is 6.98. The molecule has 1 N–H and O–H groups in total. The van der Waals surface area contributed by atoms with Crippen LogP contribution in [0.5, 0.6) is 0 Å². The van der Waals surface area contributed by atoms with Gasteiger partial charge in [-0.2, -0.15) is 0 Å². The lowest BCUT2D eigenvalue weighted by Crippen LogP contribution is -2.12. The van der Waals surface area contributed by atoms with Gasteiger partial charge in [0.2, 0.25) is 0 Å². The number of nitrogens with one attached hydrogen (secondary N) is 1. The molecule has 3 rings (SSSR count). The van der Waals surface area contributed by atoms with Crippen molar-refractivity contribution < 1.29 is 9.72 Å². The smallest absolute Gasteiger partial charge is 0.271 e. The van der Waals surface area contributed by atoms with Gasteiger partial charge in [0.05, 0.1) is 20.7 Å². The summed E-state index contributed by atoms with van der Waals surface area (Å²) < 4.78 is 0.784. The Bertz CT molecular complexity index is 924. The molecule has 0 unspecified atom stereocenters. The van der Waals surface area contributed by atoms with Crippen LogP contribution in [0.2, 0.25) is 0 Å². The summed E-state index contributed by atoms with van der Waals surface area (Å²) in [4.78, 5) is 28.0. The van der Waals surface area contributed by atoms with Crippen LogP contribution in [0.4, 0.5) is 10.8 Å². The topological polar surface area (TPSA) is 85.1 Å². The highest BCUT2D eigenvalue weighted by Crippen LogP contribution is 2.30. The minimum absolute atomic E-state index is 0.0182. The molecule has 8 heteroatoms. The van der Waals surface area contributed by atoms with Crippen LogP contribution in [-0.2, 0) is 0 Å². The lowest BCUT2D eigenvalue weighted by molar-refractivity contribution is -0.384. The van der Waals surface area contributed by atoms with E-state index in [0.717, 1.165) is 15.3 Å². The molecule has 1 amide bonds. The predicted octanol–water partition coefficient (Wildman–Crippen LogP) is 4.57. The molecule has 24 heavy (non-hydrogen) atoms. The van der Waals surface area contributed by atoms with Gasteiger partial charge < -0.3 is 0 Å². The van der Waals surface area contributed by atoms with E-state index in [9.17, 15) is 14.9 Å². The van der Waals surface area contributed by atoms with Gasteiger partial charge in [0, 0.05) is 17.0 Å². The maximum Gasteiger partial charge on any atom is 0.271 e. The van der Waals surface area contributed by atoms with Gasteiger partial charge in [0.1, 0.15) is 0 Å². The quantitative estimate of drug-likeness (QED) is 0.410. The molecule has 0 saturated carbocycles. The number of anilines is 1. The summed E-state index contributed by atoms with van der Waals surface area (Å²) in [5.41, 5.74) is 1.07. The molecule has 6 nitrogen and oxygen atoms in total. The predicted molar refractivity (Wildman–Crippen MR) is 97.1 cm³/mol. The zero-order valence-electron chi connectivity index (χ0n) is 12.7. The van der Waals surface area contributed by atoms with E-state index in [1.807, 2.05) is 25.1 Å². The van der Waals surface area contributed by atoms with Crippen LogP contribution in [0.15, 0.2) is 47.4 Å². The van der Waals surface area contributed by atoms with Crippen molar-refractivity contribution in [3.05, 3.63) is 58.1 Å². The van der Waals surface area contributed by atoms with Gasteiger partial charge in [-0.15, -0.1) is 11.8 Å². The first-order valence-corrected chi connectivity index (χ1v) is 8.97. The second-order valence-corrected chi connectivity index (χ2v) is 7.15. The number of nitro benzene ring substituents is 1. The fourth-order valence-electron chi connectivity index (χ4n) is 2.18. The molecule has 3 aromatic rings. The van der Waals surface area contributed by atoms with Gasteiger partial charge in [-0.1, -0.05) is 30.4 Å². The molecule has 1 heterocycles. The highest BCUT2D eigenvalue weighted by atomic mass is 32.2. The van der Waals surface area contributed by atoms with E-state index in [4.69, 9.17) is 0 Å². The fourth-order valence-corrected chi connectivity index (χ4v) is 3.83. The van der Waals surface area contributed by atoms with E-state index < -0.39 is 4.92 Å². The number of nitrogens with zero attached hydrogens (tertiary/aromatic N) is 2. The lowest BCUT2D eigenvalue weighted by atomic mass is 10.2. The number of hydrogen-bond donors (Lipinski definition) is 1. The van der Waals surface area contributed by atoms with Gasteiger partial charge in [-0.3, -0.25) is 20.2 Å². The number of non-ortho nitro benzene ring substituents is 1. The Balaban J connectivity index is 1.87. The molecule has 2 aromatic carbocycles. The molecule has 0 aliphatic heterocycles. The van der Waals surface area contributed by atoms with Gasteiger partial charge in [-0.05, 0) is 24.0 Å². The molecular formula is C16H13N3O3S2. The van der Waals surface area contributed by atoms with Crippen molar-refractivity contribution in [2.24, 2.45) is 0 Å². The number of hydrogen-bond acceptors (Lipinski definition) is 6. The highest BCUT2D eigenvalue weighted by Gasteiger charge is 2.15. The molecule has 1 aromatic heterocycles. The number of carbonyl (C=O) groups is 1. The van der Waals surface area contributed by atoms with E-state index >= 15 is 0 Å². The van der Waals surface area contributed by atoms with Gasteiger partial charge >= 0.3 is 0 Å². The van der Waals surface area contributed by atoms with Crippen molar-refractivity contribution in [3.63, 3.8) is 0 Å². The zero-order valence-corrected chi connectivity index (χ0v) is 14.3. The van der Waals surface area contributed by atoms with E-state index in [2.05, 4.69) is 10.3 Å². The van der Waals surface area contributed by atoms with Crippen LogP contribution in [0.3, 0.4) is 0 Å². The van der Waals surface area contributed by atoms with Crippen molar-refractivity contribution in [2.45, 2.75) is 11.8 Å². The summed E-state index contributed by atoms with van der Waals surface area (Å²) in [6.07, 6.45) is 0. The van der Waals surface area contributed by atoms with E-state index in [-0.39, 0.29) is 11.6 Å². The molecule has 0 bridgehead atoms. The fraction of sp³-hybridized carbons (Fsp3) is 0.125. The SMILES string of the molecule is CCSc1ccccc1C(=O)Nc1nc2cc([N+](=O)[O-])ccc2s1. The van der Waals surface area contributed by atoms with Crippen LogP contribution in [-0.4, -0.2) is 21.6 Å². The maximum absolute atomic E-state index is 12.5. The molecule has 0 spiro atoms. The molecule has 0 saturated heterocycles. The van der Waals surface area contributed by atoms with Crippen LogP contribution in [0.1, 0.15) is 17.3 Å². The van der Waals surface area contributed by atoms with E-state index in [1.165, 1.54) is 23.5 Å². The summed E-state index contributed by atoms with van der Waals surface area (Å²) in [5.74, 6) is 0.634. The molecule has 0 aliphatic carbocycles. The summed E-state index contributed by atoms with van der Waals surface area (Å²) in [6, 6.07) is 11.9. The van der Waals surface area contributed by atoms with Gasteiger partial charge in [0.15, 0.2) is 5.13 Å². The average molecular weight is 359 g/mol. The van der Waals surface area contributed by atoms with E-state index in [1.54, 1.807) is 23.9 Å². The summed E-state index contributed by atoms with van der Waals surface area (Å²) in [6.45, 7) is 2.03. The largest absolute Gasteiger partial charge is 0.298 e. The van der Waals surface area contributed by atoms with Crippen LogP contribution < -0.4 is 5.32 Å². The van der Waals surface area contributed by atoms with Crippen molar-refractivity contribution in [1.82, 2.24) is 4.98 Å². The van der Waals surface area contributed by atoms with Crippen molar-refractivity contribution in [1.29, 1.82) is 0 Å². The Morgan fingerprint density at radius 2 is 2.12 bits per heavy atom. The van der Waals surface area contributed by atoms with Crippen molar-refractivity contribution in [3.8, 4) is 0 Å². The Kier molecular flexibility index (Phi) is 4.77. The Labute approximate surface area is 146 Å². The minimum Gasteiger partial charge on any atom is -0.298 e. The molecule has 0 fully saturated rings. The van der Waals surface area contributed by atoms with Crippen LogP contribution in [0, 0.1) is 10.1 Å². The number of amides is 1. The number of benzene rings is 2. The minimum atomic E-state index is -0.463. The van der Waals surface area contributed by atoms with Gasteiger partial charge in [-0.25, -0.2) is 4.98 Å². The average Bonchev–Trinajstić information content (AvgIpc) is 2.96. The van der Waals surface area contributed by atoms with Crippen molar-refractivity contribution in [2.75, 3.05) is 11.1 Å². The third-order valence-electron chi connectivity index (χ3n) is 3.23. The molecule has 0 radical (unpaired) electrons. The summed E-state index contributed by atoms with van der Waals surface area (Å²) >= 11 is 2.89. The first kappa shape index (κ1) is 16.4. The number of carbonyl (C=O) groups excluding carboxylic acids is 1. The first-order valence-electron chi connectivity index (χ1n) is 7.16. The zero-order chi connectivity index (χ0) is 17.1. The molecule has 0 atom stereocenters. The lowest BCUT2D eigenvalue weighted by Gasteiger charge is -2.07. The highest BCUT2D eigenvalue weighted by molar-refractivity contribution is 7.99. The number of thioether (sulfide) groups is 1. The van der Waals surface area contributed by atoms with Crippen molar-refractivity contribution >= 4 is 50.0 Å². The molecule has 0 aliphatic rings. The second-order valence-electron chi connectivity index (χ2n) is 4.81. The Hall–Kier alpha value is -2.45. The number of fused-ring (bicyclic) bond motifs is 1. The monoisotopic (exact) mass is 359 g/mol. The summed E-state index contributed by atoms with van der Waals surface area (Å²) in [7, 11) is 0. The molecule has 122 valence electrons. The number of thiazole rings is 1. The Morgan fingerprint density at radius 3 is 2.88 bits per heavy atom. The third-order valence-corrected chi connectivity index (χ3v) is 5.14. The first-order chi connectivity index (χ1) is 11.6. The molecular weight excluding hydrogens is 346 g/mol. The third kappa shape index (κ3) is 3.39. The summed E-state index contributed by atoms with van der Waals surface area (Å²) in [5, 5.41) is 14.0. The van der Waals surface area contributed by atoms with Crippen LogP contribution in [0.25, 0.3) is 10.2 Å². The van der Waals surface area contributed by atoms with Crippen LogP contribution >= 0.6 is 23.1 Å². The number of rotatable bonds is 5.